The van der Waals surface area contributed by atoms with Gasteiger partial charge in [-0.25, -0.2) is 0 Å². The van der Waals surface area contributed by atoms with E-state index < -0.39 is 24.0 Å². The van der Waals surface area contributed by atoms with Gasteiger partial charge in [0.05, 0.1) is 47.5 Å². The lowest BCUT2D eigenvalue weighted by Gasteiger charge is -2.24. The monoisotopic (exact) mass is 411 g/mol. The first-order valence-electron chi connectivity index (χ1n) is 10.3. The molecule has 2 aliphatic rings. The molecule has 0 bridgehead atoms. The second-order valence-electron chi connectivity index (χ2n) is 8.37. The van der Waals surface area contributed by atoms with Crippen LogP contribution in [0.3, 0.4) is 0 Å². The van der Waals surface area contributed by atoms with Crippen LogP contribution >= 0.6 is 0 Å². The summed E-state index contributed by atoms with van der Waals surface area (Å²) >= 11 is 0. The Labute approximate surface area is 175 Å². The number of carbonyl (C=O) groups excluding carboxylic acids is 2. The molecule has 7 nitrogen and oxygen atoms in total. The second kappa shape index (κ2) is 5.51. The molecule has 7 heteroatoms. The molecule has 0 saturated carbocycles. The van der Waals surface area contributed by atoms with Crippen LogP contribution in [-0.4, -0.2) is 43.4 Å². The third kappa shape index (κ3) is 1.91. The molecule has 4 heterocycles. The number of carbonyl (C=O) groups is 2. The minimum absolute atomic E-state index is 0.191. The summed E-state index contributed by atoms with van der Waals surface area (Å²) in [6.07, 6.45) is -1.96. The van der Waals surface area contributed by atoms with Crippen LogP contribution in [0.5, 0.6) is 0 Å². The van der Waals surface area contributed by atoms with E-state index in [1.54, 1.807) is 0 Å². The van der Waals surface area contributed by atoms with Gasteiger partial charge in [0.1, 0.15) is 0 Å². The predicted octanol–water partition coefficient (Wildman–Crippen LogP) is 2.52. The zero-order chi connectivity index (χ0) is 21.0. The fraction of sp³-hybridized carbons (Fsp3) is 0.167. The Balaban J connectivity index is 1.90. The molecule has 0 radical (unpaired) electrons. The summed E-state index contributed by atoms with van der Waals surface area (Å²) < 4.78 is 3.96. The van der Waals surface area contributed by atoms with E-state index in [4.69, 9.17) is 0 Å². The van der Waals surface area contributed by atoms with Crippen LogP contribution in [0.25, 0.3) is 43.6 Å². The normalized spacial score (nSPS) is 20.7. The highest BCUT2D eigenvalue weighted by Crippen LogP contribution is 2.45. The molecule has 3 aromatic carbocycles. The molecule has 2 unspecified atom stereocenters. The van der Waals surface area contributed by atoms with Gasteiger partial charge in [-0.05, 0) is 12.1 Å². The minimum Gasteiger partial charge on any atom is -0.388 e. The summed E-state index contributed by atoms with van der Waals surface area (Å²) in [5.74, 6) is -0.798. The molecule has 7 rings (SSSR count). The van der Waals surface area contributed by atoms with Gasteiger partial charge in [0.25, 0.3) is 11.8 Å². The molecule has 152 valence electrons. The first-order valence-corrected chi connectivity index (χ1v) is 10.3. The molecule has 2 aliphatic heterocycles. The van der Waals surface area contributed by atoms with Crippen LogP contribution in [0.4, 0.5) is 0 Å². The number of aliphatic hydroxyl groups excluding tert-OH is 2. The highest BCUT2D eigenvalue weighted by molar-refractivity contribution is 6.39. The summed E-state index contributed by atoms with van der Waals surface area (Å²) in [5, 5.41) is 27.2. The van der Waals surface area contributed by atoms with Crippen LogP contribution in [-0.2, 0) is 13.1 Å². The molecular formula is C24H17N3O4. The van der Waals surface area contributed by atoms with Crippen molar-refractivity contribution in [1.82, 2.24) is 14.5 Å². The first-order chi connectivity index (χ1) is 15.1. The summed E-state index contributed by atoms with van der Waals surface area (Å²) in [7, 11) is 0. The van der Waals surface area contributed by atoms with Crippen molar-refractivity contribution in [2.45, 2.75) is 25.3 Å². The molecule has 5 aromatic rings. The van der Waals surface area contributed by atoms with Crippen LogP contribution < -0.4 is 5.32 Å². The van der Waals surface area contributed by atoms with Crippen molar-refractivity contribution in [3.8, 4) is 0 Å². The van der Waals surface area contributed by atoms with Gasteiger partial charge >= 0.3 is 0 Å². The van der Waals surface area contributed by atoms with Gasteiger partial charge in [-0.1, -0.05) is 36.4 Å². The average molecular weight is 411 g/mol. The number of amides is 2. The van der Waals surface area contributed by atoms with Crippen molar-refractivity contribution >= 4 is 55.4 Å². The van der Waals surface area contributed by atoms with Crippen molar-refractivity contribution in [1.29, 1.82) is 0 Å². The smallest absolute Gasteiger partial charge is 0.259 e. The second-order valence-corrected chi connectivity index (χ2v) is 8.37. The molecule has 2 amide bonds. The van der Waals surface area contributed by atoms with Crippen molar-refractivity contribution in [2.75, 3.05) is 0 Å². The Hall–Kier alpha value is -3.68. The Morgan fingerprint density at radius 3 is 1.58 bits per heavy atom. The number of nitrogens with zero attached hydrogens (tertiary/aromatic N) is 2. The summed E-state index contributed by atoms with van der Waals surface area (Å²) in [6.45, 7) is 0.381. The number of imide groups is 1. The highest BCUT2D eigenvalue weighted by Gasteiger charge is 2.38. The number of rotatable bonds is 0. The number of fused-ring (bicyclic) bond motifs is 9. The van der Waals surface area contributed by atoms with Crippen molar-refractivity contribution in [3.05, 3.63) is 59.7 Å². The summed E-state index contributed by atoms with van der Waals surface area (Å²) in [6, 6.07) is 15.4. The van der Waals surface area contributed by atoms with Crippen LogP contribution in [0.1, 0.15) is 20.7 Å². The van der Waals surface area contributed by atoms with Crippen molar-refractivity contribution in [3.63, 3.8) is 0 Å². The number of benzene rings is 3. The molecule has 0 aliphatic carbocycles. The Morgan fingerprint density at radius 1 is 0.710 bits per heavy atom. The van der Waals surface area contributed by atoms with Gasteiger partial charge in [-0.3, -0.25) is 14.9 Å². The number of aliphatic hydroxyl groups is 2. The SMILES string of the molecule is O=C1NC(=O)c2c1c1c3ccccc3n3c1c1c2c2ccccc2n1CC(O)C(O)C3. The van der Waals surface area contributed by atoms with Crippen LogP contribution in [0.15, 0.2) is 48.5 Å². The van der Waals surface area contributed by atoms with Gasteiger partial charge in [-0.15, -0.1) is 0 Å². The molecular weight excluding hydrogens is 394 g/mol. The highest BCUT2D eigenvalue weighted by atomic mass is 16.3. The lowest BCUT2D eigenvalue weighted by atomic mass is 9.96. The Bertz CT molecular complexity index is 1520. The van der Waals surface area contributed by atoms with Crippen molar-refractivity contribution < 1.29 is 19.8 Å². The zero-order valence-electron chi connectivity index (χ0n) is 16.3. The van der Waals surface area contributed by atoms with Gasteiger partial charge in [-0.2, -0.15) is 0 Å². The maximum Gasteiger partial charge on any atom is 0.259 e. The molecule has 0 fully saturated rings. The maximum atomic E-state index is 13.0. The standard InChI is InChI=1S/C24H17N3O4/c28-15-9-26-13-7-3-1-5-11(13)17-19-20(24(31)25-23(19)30)18-12-6-2-4-8-14(12)27(10-16(15)29)22(18)21(17)26/h1-8,15-16,28-29H,9-10H2,(H,25,30,31). The van der Waals surface area contributed by atoms with E-state index in [9.17, 15) is 19.8 Å². The predicted molar refractivity (Wildman–Crippen MR) is 116 cm³/mol. The largest absolute Gasteiger partial charge is 0.388 e. The first kappa shape index (κ1) is 17.0. The number of para-hydroxylation sites is 2. The van der Waals surface area contributed by atoms with Crippen molar-refractivity contribution in [2.24, 2.45) is 0 Å². The van der Waals surface area contributed by atoms with E-state index in [-0.39, 0.29) is 13.1 Å². The van der Waals surface area contributed by atoms with E-state index in [2.05, 4.69) is 5.32 Å². The molecule has 31 heavy (non-hydrogen) atoms. The number of hydrogen-bond donors (Lipinski definition) is 3. The van der Waals surface area contributed by atoms with E-state index in [1.165, 1.54) is 0 Å². The fourth-order valence-electron chi connectivity index (χ4n) is 5.53. The number of aromatic nitrogens is 2. The third-order valence-corrected chi connectivity index (χ3v) is 6.78. The molecule has 2 aromatic heterocycles. The number of nitrogens with one attached hydrogen (secondary N) is 1. The van der Waals surface area contributed by atoms with Gasteiger partial charge in [0.2, 0.25) is 0 Å². The van der Waals surface area contributed by atoms with E-state index >= 15 is 0 Å². The number of hydrogen-bond acceptors (Lipinski definition) is 4. The van der Waals surface area contributed by atoms with E-state index in [0.29, 0.717) is 21.9 Å². The Morgan fingerprint density at radius 2 is 1.13 bits per heavy atom. The van der Waals surface area contributed by atoms with E-state index in [0.717, 1.165) is 32.8 Å². The maximum absolute atomic E-state index is 13.0. The molecule has 0 spiro atoms. The molecule has 3 N–H and O–H groups in total. The van der Waals surface area contributed by atoms with Crippen LogP contribution in [0.2, 0.25) is 0 Å². The van der Waals surface area contributed by atoms with E-state index in [1.807, 2.05) is 57.7 Å². The molecule has 2 atom stereocenters. The fourth-order valence-corrected chi connectivity index (χ4v) is 5.53. The average Bonchev–Trinajstić information content (AvgIpc) is 3.36. The quantitative estimate of drug-likeness (QED) is 0.341. The van der Waals surface area contributed by atoms with Gasteiger partial charge in [0, 0.05) is 32.6 Å². The molecule has 0 saturated heterocycles. The lowest BCUT2D eigenvalue weighted by molar-refractivity contribution is 0.00168. The summed E-state index contributed by atoms with van der Waals surface area (Å²) in [4.78, 5) is 26.0. The lowest BCUT2D eigenvalue weighted by Crippen LogP contribution is -2.35. The Kier molecular flexibility index (Phi) is 3.03. The third-order valence-electron chi connectivity index (χ3n) is 6.78. The zero-order valence-corrected chi connectivity index (χ0v) is 16.3. The van der Waals surface area contributed by atoms with Gasteiger partial charge < -0.3 is 19.3 Å². The summed E-state index contributed by atoms with van der Waals surface area (Å²) in [5.41, 5.74) is 4.10. The minimum atomic E-state index is -0.980. The van der Waals surface area contributed by atoms with Gasteiger partial charge in [0.15, 0.2) is 0 Å². The topological polar surface area (TPSA) is 96.5 Å². The van der Waals surface area contributed by atoms with Crippen LogP contribution in [0, 0.1) is 0 Å².